The summed E-state index contributed by atoms with van der Waals surface area (Å²) < 4.78 is 10.7. The normalized spacial score (nSPS) is 32.0. The molecule has 8 heteroatoms. The molecule has 1 saturated heterocycles. The van der Waals surface area contributed by atoms with Gasteiger partial charge in [-0.1, -0.05) is 0 Å². The second kappa shape index (κ2) is 7.82. The Kier molecular flexibility index (Phi) is 6.07. The molecule has 4 N–H and O–H groups in total. The van der Waals surface area contributed by atoms with Crippen LogP contribution in [0.2, 0.25) is 0 Å². The summed E-state index contributed by atoms with van der Waals surface area (Å²) in [6.45, 7) is 0.294. The van der Waals surface area contributed by atoms with E-state index in [1.807, 2.05) is 24.1 Å². The van der Waals surface area contributed by atoms with E-state index in [-0.39, 0.29) is 6.61 Å². The van der Waals surface area contributed by atoms with Crippen molar-refractivity contribution in [2.24, 2.45) is 0 Å². The van der Waals surface area contributed by atoms with Crippen molar-refractivity contribution in [3.8, 4) is 0 Å². The second-order valence-electron chi connectivity index (χ2n) is 5.20. The number of anilines is 1. The number of aliphatic hydroxyl groups is 4. The molecule has 8 nitrogen and oxygen atoms in total. The lowest BCUT2D eigenvalue weighted by Crippen LogP contribution is -2.59. The molecule has 0 amide bonds. The van der Waals surface area contributed by atoms with E-state index in [9.17, 15) is 15.3 Å². The van der Waals surface area contributed by atoms with Crippen molar-refractivity contribution in [2.45, 2.75) is 30.7 Å². The van der Waals surface area contributed by atoms with Crippen molar-refractivity contribution in [2.75, 3.05) is 31.7 Å². The van der Waals surface area contributed by atoms with Gasteiger partial charge in [-0.15, -0.1) is 0 Å². The first-order valence-corrected chi connectivity index (χ1v) is 7.08. The van der Waals surface area contributed by atoms with Crippen LogP contribution in [-0.4, -0.2) is 82.9 Å². The molecule has 0 aliphatic carbocycles. The van der Waals surface area contributed by atoms with Crippen LogP contribution in [0.1, 0.15) is 0 Å². The van der Waals surface area contributed by atoms with Gasteiger partial charge in [0.1, 0.15) is 24.4 Å². The zero-order chi connectivity index (χ0) is 16.1. The fourth-order valence-electron chi connectivity index (χ4n) is 2.24. The Morgan fingerprint density at radius 1 is 1.18 bits per heavy atom. The van der Waals surface area contributed by atoms with Gasteiger partial charge in [-0.2, -0.15) is 0 Å². The molecule has 124 valence electrons. The third kappa shape index (κ3) is 3.92. The Labute approximate surface area is 128 Å². The van der Waals surface area contributed by atoms with Crippen molar-refractivity contribution in [3.63, 3.8) is 0 Å². The average Bonchev–Trinajstić information content (AvgIpc) is 2.55. The van der Waals surface area contributed by atoms with Crippen LogP contribution in [0.25, 0.3) is 0 Å². The fourth-order valence-corrected chi connectivity index (χ4v) is 2.24. The molecule has 3 unspecified atom stereocenters. The summed E-state index contributed by atoms with van der Waals surface area (Å²) in [5.41, 5.74) is 0.965. The third-order valence-corrected chi connectivity index (χ3v) is 3.66. The highest BCUT2D eigenvalue weighted by atomic mass is 16.7. The van der Waals surface area contributed by atoms with Crippen LogP contribution in [0.15, 0.2) is 24.5 Å². The van der Waals surface area contributed by atoms with Gasteiger partial charge in [-0.3, -0.25) is 4.98 Å². The summed E-state index contributed by atoms with van der Waals surface area (Å²) >= 11 is 0. The maximum Gasteiger partial charge on any atom is 0.186 e. The van der Waals surface area contributed by atoms with Gasteiger partial charge in [0.25, 0.3) is 0 Å². The number of hydrogen-bond donors (Lipinski definition) is 4. The van der Waals surface area contributed by atoms with E-state index in [1.165, 1.54) is 0 Å². The molecule has 1 aliphatic heterocycles. The van der Waals surface area contributed by atoms with E-state index in [0.717, 1.165) is 5.69 Å². The maximum atomic E-state index is 9.84. The Hall–Kier alpha value is -1.29. The summed E-state index contributed by atoms with van der Waals surface area (Å²) in [5, 5.41) is 38.3. The number of likely N-dealkylation sites (N-methyl/N-ethyl adjacent to an activating group) is 1. The van der Waals surface area contributed by atoms with Crippen LogP contribution in [0, 0.1) is 0 Å². The number of aromatic nitrogens is 1. The number of hydrogen-bond acceptors (Lipinski definition) is 8. The Morgan fingerprint density at radius 2 is 1.86 bits per heavy atom. The lowest BCUT2D eigenvalue weighted by molar-refractivity contribution is -0.300. The predicted molar refractivity (Wildman–Crippen MR) is 77.2 cm³/mol. The molecule has 5 atom stereocenters. The monoisotopic (exact) mass is 314 g/mol. The molecule has 0 aromatic carbocycles. The van der Waals surface area contributed by atoms with Crippen LogP contribution in [0.5, 0.6) is 0 Å². The number of rotatable bonds is 6. The van der Waals surface area contributed by atoms with E-state index in [4.69, 9.17) is 14.6 Å². The highest BCUT2D eigenvalue weighted by Gasteiger charge is 2.43. The van der Waals surface area contributed by atoms with Crippen LogP contribution in [-0.2, 0) is 9.47 Å². The zero-order valence-corrected chi connectivity index (χ0v) is 12.3. The van der Waals surface area contributed by atoms with Gasteiger partial charge in [-0.25, -0.2) is 0 Å². The van der Waals surface area contributed by atoms with Crippen LogP contribution in [0.3, 0.4) is 0 Å². The van der Waals surface area contributed by atoms with Crippen molar-refractivity contribution >= 4 is 5.69 Å². The number of pyridine rings is 1. The summed E-state index contributed by atoms with van der Waals surface area (Å²) in [7, 11) is 1.88. The molecular weight excluding hydrogens is 292 g/mol. The van der Waals surface area contributed by atoms with E-state index in [0.29, 0.717) is 6.54 Å². The van der Waals surface area contributed by atoms with Gasteiger partial charge >= 0.3 is 0 Å². The summed E-state index contributed by atoms with van der Waals surface area (Å²) in [6, 6.07) is 3.71. The first-order valence-electron chi connectivity index (χ1n) is 7.08. The molecule has 1 aliphatic rings. The molecule has 22 heavy (non-hydrogen) atoms. The third-order valence-electron chi connectivity index (χ3n) is 3.66. The molecule has 0 spiro atoms. The number of aliphatic hydroxyl groups excluding tert-OH is 4. The minimum atomic E-state index is -1.42. The zero-order valence-electron chi connectivity index (χ0n) is 12.3. The number of ether oxygens (including phenoxy) is 2. The highest BCUT2D eigenvalue weighted by Crippen LogP contribution is 2.22. The SMILES string of the molecule is CN(CCO[C@@H]1OC(CO)[C@@H](O)C(O)C1O)c1ccncc1. The lowest BCUT2D eigenvalue weighted by Gasteiger charge is -2.39. The molecule has 0 radical (unpaired) electrons. The summed E-state index contributed by atoms with van der Waals surface area (Å²) in [4.78, 5) is 5.87. The van der Waals surface area contributed by atoms with Crippen LogP contribution >= 0.6 is 0 Å². The minimum Gasteiger partial charge on any atom is -0.394 e. The summed E-state index contributed by atoms with van der Waals surface area (Å²) in [5.74, 6) is 0. The van der Waals surface area contributed by atoms with Gasteiger partial charge in [0.15, 0.2) is 6.29 Å². The van der Waals surface area contributed by atoms with Crippen molar-refractivity contribution < 1.29 is 29.9 Å². The smallest absolute Gasteiger partial charge is 0.186 e. The van der Waals surface area contributed by atoms with Crippen LogP contribution in [0.4, 0.5) is 5.69 Å². The minimum absolute atomic E-state index is 0.238. The molecule has 2 heterocycles. The largest absolute Gasteiger partial charge is 0.394 e. The van der Waals surface area contributed by atoms with E-state index >= 15 is 0 Å². The van der Waals surface area contributed by atoms with E-state index in [2.05, 4.69) is 4.98 Å². The van der Waals surface area contributed by atoms with Gasteiger partial charge < -0.3 is 34.8 Å². The van der Waals surface area contributed by atoms with Crippen molar-refractivity contribution in [1.29, 1.82) is 0 Å². The Bertz CT molecular complexity index is 446. The number of nitrogens with zero attached hydrogens (tertiary/aromatic N) is 2. The van der Waals surface area contributed by atoms with Gasteiger partial charge in [0.2, 0.25) is 0 Å². The Morgan fingerprint density at radius 3 is 2.50 bits per heavy atom. The van der Waals surface area contributed by atoms with Gasteiger partial charge in [0.05, 0.1) is 13.2 Å². The van der Waals surface area contributed by atoms with Crippen LogP contribution < -0.4 is 4.90 Å². The molecule has 2 rings (SSSR count). The lowest BCUT2D eigenvalue weighted by atomic mass is 9.99. The van der Waals surface area contributed by atoms with Gasteiger partial charge in [0, 0.05) is 31.7 Å². The maximum absolute atomic E-state index is 9.84. The van der Waals surface area contributed by atoms with Gasteiger partial charge in [-0.05, 0) is 12.1 Å². The highest BCUT2D eigenvalue weighted by molar-refractivity contribution is 5.43. The predicted octanol–water partition coefficient (Wildman–Crippen LogP) is -1.67. The molecule has 0 bridgehead atoms. The first-order chi connectivity index (χ1) is 10.5. The standard InChI is InChI=1S/C14H22N2O6/c1-16(9-2-4-15-5-3-9)6-7-21-14-13(20)12(19)11(18)10(8-17)22-14/h2-5,10-14,17-20H,6-8H2,1H3/t10?,11-,12?,13?,14-/m1/s1. The molecular formula is C14H22N2O6. The van der Waals surface area contributed by atoms with E-state index < -0.39 is 37.3 Å². The topological polar surface area (TPSA) is 116 Å². The molecule has 1 aromatic rings. The second-order valence-corrected chi connectivity index (χ2v) is 5.20. The average molecular weight is 314 g/mol. The van der Waals surface area contributed by atoms with E-state index in [1.54, 1.807) is 12.4 Å². The first kappa shape index (κ1) is 17.1. The Balaban J connectivity index is 1.83. The molecule has 0 saturated carbocycles. The van der Waals surface area contributed by atoms with Crippen molar-refractivity contribution in [3.05, 3.63) is 24.5 Å². The molecule has 1 aromatic heterocycles. The molecule has 1 fully saturated rings. The fraction of sp³-hybridized carbons (Fsp3) is 0.643. The van der Waals surface area contributed by atoms with Crippen molar-refractivity contribution in [1.82, 2.24) is 4.98 Å². The quantitative estimate of drug-likeness (QED) is 0.493. The summed E-state index contributed by atoms with van der Waals surface area (Å²) in [6.07, 6.45) is -2.85.